The molecule has 3 aromatic carbocycles. The highest BCUT2D eigenvalue weighted by Crippen LogP contribution is 2.46. The van der Waals surface area contributed by atoms with E-state index in [-0.39, 0.29) is 17.6 Å². The summed E-state index contributed by atoms with van der Waals surface area (Å²) >= 11 is 13.6. The van der Waals surface area contributed by atoms with Crippen molar-refractivity contribution in [3.8, 4) is 22.6 Å². The van der Waals surface area contributed by atoms with Crippen molar-refractivity contribution in [3.05, 3.63) is 92.0 Å². The molecule has 1 atom stereocenters. The van der Waals surface area contributed by atoms with Crippen molar-refractivity contribution in [1.82, 2.24) is 23.8 Å². The first-order chi connectivity index (χ1) is 27.7. The summed E-state index contributed by atoms with van der Waals surface area (Å²) in [5.74, 6) is 0.130. The summed E-state index contributed by atoms with van der Waals surface area (Å²) in [5.41, 5.74) is 9.34. The first-order valence-corrected chi connectivity index (χ1v) is 20.8. The number of carbonyl (C=O) groups is 2. The lowest BCUT2D eigenvalue weighted by atomic mass is 9.98. The topological polar surface area (TPSA) is 107 Å². The molecule has 8 rings (SSSR count). The number of ether oxygens (including phenoxy) is 2. The molecule has 1 N–H and O–H groups in total. The number of carboxylic acids is 1. The molecular formula is C45H50Cl2N6O5. The van der Waals surface area contributed by atoms with Crippen molar-refractivity contribution >= 4 is 62.6 Å². The average molecular weight is 826 g/mol. The van der Waals surface area contributed by atoms with Crippen LogP contribution in [0.4, 0.5) is 5.69 Å². The van der Waals surface area contributed by atoms with Gasteiger partial charge in [0, 0.05) is 71.9 Å². The van der Waals surface area contributed by atoms with Crippen molar-refractivity contribution < 1.29 is 24.2 Å². The number of amides is 1. The molecule has 1 amide bonds. The van der Waals surface area contributed by atoms with E-state index in [4.69, 9.17) is 37.8 Å². The predicted octanol–water partition coefficient (Wildman–Crippen LogP) is 9.48. The third-order valence-electron chi connectivity index (χ3n) is 12.0. The second-order valence-electron chi connectivity index (χ2n) is 15.9. The summed E-state index contributed by atoms with van der Waals surface area (Å²) < 4.78 is 18.3. The van der Waals surface area contributed by atoms with Crippen LogP contribution in [0, 0.1) is 27.7 Å². The Bertz CT molecular complexity index is 2590. The van der Waals surface area contributed by atoms with Crippen LogP contribution in [0.3, 0.4) is 0 Å². The Kier molecular flexibility index (Phi) is 10.8. The van der Waals surface area contributed by atoms with Gasteiger partial charge in [-0.25, -0.2) is 4.79 Å². The molecule has 11 nitrogen and oxygen atoms in total. The third kappa shape index (κ3) is 6.90. The summed E-state index contributed by atoms with van der Waals surface area (Å²) in [6.45, 7) is 14.3. The molecule has 2 aliphatic rings. The Hall–Kier alpha value is -4.97. The van der Waals surface area contributed by atoms with Crippen LogP contribution in [-0.4, -0.2) is 80.2 Å². The van der Waals surface area contributed by atoms with Gasteiger partial charge >= 0.3 is 5.97 Å². The van der Waals surface area contributed by atoms with Crippen molar-refractivity contribution in [3.63, 3.8) is 0 Å². The van der Waals surface area contributed by atoms with Crippen LogP contribution >= 0.6 is 23.2 Å². The Morgan fingerprint density at radius 1 is 0.914 bits per heavy atom. The predicted molar refractivity (Wildman–Crippen MR) is 231 cm³/mol. The second kappa shape index (κ2) is 15.7. The molecule has 1 fully saturated rings. The van der Waals surface area contributed by atoms with Crippen molar-refractivity contribution in [2.75, 3.05) is 44.3 Å². The number of carboxylic acid groups (broad SMARTS) is 1. The molecule has 5 heterocycles. The van der Waals surface area contributed by atoms with Crippen LogP contribution in [-0.2, 0) is 20.5 Å². The number of benzene rings is 3. The van der Waals surface area contributed by atoms with Crippen LogP contribution in [0.5, 0.6) is 11.5 Å². The zero-order chi connectivity index (χ0) is 41.2. The smallest absolute Gasteiger partial charge is 0.352 e. The molecule has 1 saturated heterocycles. The number of aromatic carboxylic acids is 1. The molecule has 0 radical (unpaired) electrons. The number of carbonyl (C=O) groups excluding carboxylic acids is 1. The molecule has 13 heteroatoms. The molecule has 6 aromatic rings. The van der Waals surface area contributed by atoms with Crippen molar-refractivity contribution in [2.24, 2.45) is 14.1 Å². The number of aryl methyl sites for hydroxylation is 6. The average Bonchev–Trinajstić information content (AvgIpc) is 3.95. The summed E-state index contributed by atoms with van der Waals surface area (Å²) in [5, 5.41) is 17.9. The van der Waals surface area contributed by atoms with E-state index >= 15 is 4.79 Å². The number of anilines is 1. The van der Waals surface area contributed by atoms with Gasteiger partial charge in [0.25, 0.3) is 5.91 Å². The first kappa shape index (κ1) is 39.8. The molecule has 0 saturated carbocycles. The summed E-state index contributed by atoms with van der Waals surface area (Å²) in [7, 11) is 3.66. The molecular weight excluding hydrogens is 775 g/mol. The Balaban J connectivity index is 1.25. The maximum Gasteiger partial charge on any atom is 0.352 e. The van der Waals surface area contributed by atoms with Crippen molar-refractivity contribution in [2.45, 2.75) is 66.3 Å². The SMILES string of the molecule is Cc1cc(OCCCc2c3n(c4c(-c5c(C)nn(C)c5C)c(Cl)ccc24)C(C)CN(c2cc(OCCN4CCCC4)cc4cc(C(=O)O)n(C)c24)C3=O)cc(C)c1Cl. The zero-order valence-corrected chi connectivity index (χ0v) is 35.7. The fourth-order valence-electron chi connectivity index (χ4n) is 9.18. The minimum absolute atomic E-state index is 0.130. The maximum atomic E-state index is 15.4. The fraction of sp³-hybridized carbons (Fsp3) is 0.400. The molecule has 0 bridgehead atoms. The number of halogens is 2. The van der Waals surface area contributed by atoms with E-state index in [9.17, 15) is 9.90 Å². The van der Waals surface area contributed by atoms with E-state index in [1.165, 1.54) is 12.8 Å². The molecule has 58 heavy (non-hydrogen) atoms. The summed E-state index contributed by atoms with van der Waals surface area (Å²) in [6, 6.07) is 13.1. The van der Waals surface area contributed by atoms with E-state index in [0.29, 0.717) is 65.7 Å². The third-order valence-corrected chi connectivity index (χ3v) is 12.9. The summed E-state index contributed by atoms with van der Waals surface area (Å²) in [4.78, 5) is 32.0. The van der Waals surface area contributed by atoms with Crippen molar-refractivity contribution in [1.29, 1.82) is 0 Å². The van der Waals surface area contributed by atoms with E-state index in [1.54, 1.807) is 22.6 Å². The Labute approximate surface area is 348 Å². The van der Waals surface area contributed by atoms with Gasteiger partial charge < -0.3 is 28.6 Å². The number of nitrogens with zero attached hydrogens (tertiary/aromatic N) is 6. The molecule has 304 valence electrons. The standard InChI is InChI=1S/C45H50Cl2N6O5/c1-25-19-31(20-26(2)40(25)47)57-17-10-11-33-34-12-13-35(46)39(38-28(4)48-50(7)29(38)5)42(34)53-27(3)24-52(44(54)43(33)53)36-23-32(58-18-16-51-14-8-9-15-51)21-30-22-37(45(55)56)49(6)41(30)36/h12-13,19-23,27H,8-11,14-18,24H2,1-7H3,(H,55,56). The van der Waals surface area contributed by atoms with E-state index in [0.717, 1.165) is 80.5 Å². The normalized spacial score (nSPS) is 15.9. The lowest BCUT2D eigenvalue weighted by Crippen LogP contribution is -2.43. The molecule has 0 aliphatic carbocycles. The lowest BCUT2D eigenvalue weighted by Gasteiger charge is -2.35. The fourth-order valence-corrected chi connectivity index (χ4v) is 9.54. The summed E-state index contributed by atoms with van der Waals surface area (Å²) in [6.07, 6.45) is 3.58. The second-order valence-corrected chi connectivity index (χ2v) is 16.7. The van der Waals surface area contributed by atoms with Gasteiger partial charge in [0.2, 0.25) is 0 Å². The minimum atomic E-state index is -1.04. The van der Waals surface area contributed by atoms with Crippen LogP contribution in [0.1, 0.15) is 81.3 Å². The van der Waals surface area contributed by atoms with Gasteiger partial charge in [-0.15, -0.1) is 0 Å². The van der Waals surface area contributed by atoms with Gasteiger partial charge in [0.1, 0.15) is 29.5 Å². The number of hydrogen-bond acceptors (Lipinski definition) is 6. The number of hydrogen-bond donors (Lipinski definition) is 1. The van der Waals surface area contributed by atoms with Gasteiger partial charge in [0.05, 0.1) is 34.0 Å². The van der Waals surface area contributed by atoms with Crippen LogP contribution < -0.4 is 14.4 Å². The monoisotopic (exact) mass is 824 g/mol. The number of likely N-dealkylation sites (tertiary alicyclic amines) is 1. The first-order valence-electron chi connectivity index (χ1n) is 20.0. The molecule has 3 aromatic heterocycles. The van der Waals surface area contributed by atoms with E-state index < -0.39 is 5.97 Å². The van der Waals surface area contributed by atoms with E-state index in [2.05, 4.69) is 16.4 Å². The number of rotatable bonds is 12. The number of aromatic nitrogens is 4. The highest BCUT2D eigenvalue weighted by molar-refractivity contribution is 6.35. The Morgan fingerprint density at radius 3 is 2.28 bits per heavy atom. The quantitative estimate of drug-likeness (QED) is 0.123. The number of fused-ring (bicyclic) bond motifs is 4. The van der Waals surface area contributed by atoms with Gasteiger partial charge in [-0.1, -0.05) is 29.3 Å². The molecule has 0 spiro atoms. The van der Waals surface area contributed by atoms with Gasteiger partial charge in [-0.3, -0.25) is 14.4 Å². The molecule has 2 aliphatic heterocycles. The Morgan fingerprint density at radius 2 is 1.60 bits per heavy atom. The molecule has 1 unspecified atom stereocenters. The highest BCUT2D eigenvalue weighted by Gasteiger charge is 2.38. The van der Waals surface area contributed by atoms with Crippen LogP contribution in [0.25, 0.3) is 32.9 Å². The lowest BCUT2D eigenvalue weighted by molar-refractivity contribution is 0.0687. The minimum Gasteiger partial charge on any atom is -0.494 e. The maximum absolute atomic E-state index is 15.4. The van der Waals surface area contributed by atoms with Crippen LogP contribution in [0.15, 0.2) is 42.5 Å². The van der Waals surface area contributed by atoms with Crippen LogP contribution in [0.2, 0.25) is 10.0 Å². The highest BCUT2D eigenvalue weighted by atomic mass is 35.5. The van der Waals surface area contributed by atoms with Gasteiger partial charge in [0.15, 0.2) is 0 Å². The van der Waals surface area contributed by atoms with Gasteiger partial charge in [-0.05, 0) is 120 Å². The van der Waals surface area contributed by atoms with E-state index in [1.807, 2.05) is 75.8 Å². The van der Waals surface area contributed by atoms with Gasteiger partial charge in [-0.2, -0.15) is 5.10 Å². The zero-order valence-electron chi connectivity index (χ0n) is 34.2. The largest absolute Gasteiger partial charge is 0.494 e.